The number of hydrogen-bond acceptors (Lipinski definition) is 4. The van der Waals surface area contributed by atoms with Crippen molar-refractivity contribution in [1.82, 2.24) is 19.4 Å². The lowest BCUT2D eigenvalue weighted by Gasteiger charge is -2.31. The second-order valence-corrected chi connectivity index (χ2v) is 8.02. The molecule has 3 heterocycles. The Morgan fingerprint density at radius 1 is 1.08 bits per heavy atom. The van der Waals surface area contributed by atoms with E-state index in [2.05, 4.69) is 28.1 Å². The van der Waals surface area contributed by atoms with Crippen LogP contribution in [0.1, 0.15) is 23.9 Å². The highest BCUT2D eigenvalue weighted by Gasteiger charge is 2.24. The Balaban J connectivity index is 1.31. The normalized spacial score (nSPS) is 16.6. The van der Waals surface area contributed by atoms with Crippen LogP contribution in [0.15, 0.2) is 53.3 Å². The molecule has 1 fully saturated rings. The third-order valence-corrected chi connectivity index (χ3v) is 6.26. The van der Waals surface area contributed by atoms with Crippen molar-refractivity contribution in [2.24, 2.45) is 0 Å². The van der Waals surface area contributed by atoms with Gasteiger partial charge in [-0.1, -0.05) is 24.3 Å². The predicted octanol–water partition coefficient (Wildman–Crippen LogP) is 3.78. The molecule has 1 N–H and O–H groups in total. The number of para-hydroxylation sites is 3. The summed E-state index contributed by atoms with van der Waals surface area (Å²) in [6.07, 6.45) is 1.99. The van der Waals surface area contributed by atoms with Gasteiger partial charge in [-0.05, 0) is 37.1 Å². The second kappa shape index (κ2) is 6.37. The van der Waals surface area contributed by atoms with Gasteiger partial charge < -0.3 is 4.98 Å². The van der Waals surface area contributed by atoms with Gasteiger partial charge in [0.15, 0.2) is 0 Å². The SMILES string of the molecule is O=c1[nH]c2ccccc2n1C1CCN(Cc2nc3ccccc3s2)CC1. The summed E-state index contributed by atoms with van der Waals surface area (Å²) in [4.78, 5) is 22.6. The van der Waals surface area contributed by atoms with E-state index in [1.165, 1.54) is 9.71 Å². The van der Waals surface area contributed by atoms with E-state index in [-0.39, 0.29) is 11.7 Å². The Hall–Kier alpha value is -2.44. The highest BCUT2D eigenvalue weighted by Crippen LogP contribution is 2.27. The number of aromatic amines is 1. The summed E-state index contributed by atoms with van der Waals surface area (Å²) in [5.41, 5.74) is 3.04. The number of likely N-dealkylation sites (tertiary alicyclic amines) is 1. The van der Waals surface area contributed by atoms with Crippen LogP contribution in [0.25, 0.3) is 21.3 Å². The maximum absolute atomic E-state index is 12.4. The molecule has 0 saturated carbocycles. The molecule has 26 heavy (non-hydrogen) atoms. The third kappa shape index (κ3) is 2.75. The van der Waals surface area contributed by atoms with Crippen LogP contribution in [0, 0.1) is 0 Å². The molecule has 5 rings (SSSR count). The van der Waals surface area contributed by atoms with Crippen molar-refractivity contribution in [2.75, 3.05) is 13.1 Å². The minimum atomic E-state index is 0.0100. The van der Waals surface area contributed by atoms with Crippen LogP contribution in [0.3, 0.4) is 0 Å². The van der Waals surface area contributed by atoms with E-state index in [0.29, 0.717) is 0 Å². The number of thiazole rings is 1. The van der Waals surface area contributed by atoms with Crippen molar-refractivity contribution in [3.05, 3.63) is 64.0 Å². The van der Waals surface area contributed by atoms with Crippen LogP contribution in [0.2, 0.25) is 0 Å². The quantitative estimate of drug-likeness (QED) is 0.602. The smallest absolute Gasteiger partial charge is 0.306 e. The van der Waals surface area contributed by atoms with Gasteiger partial charge in [-0.25, -0.2) is 9.78 Å². The first-order valence-corrected chi connectivity index (χ1v) is 9.85. The van der Waals surface area contributed by atoms with Crippen LogP contribution in [-0.2, 0) is 6.54 Å². The summed E-state index contributed by atoms with van der Waals surface area (Å²) >= 11 is 1.78. The van der Waals surface area contributed by atoms with E-state index in [4.69, 9.17) is 4.98 Å². The molecule has 5 nitrogen and oxygen atoms in total. The van der Waals surface area contributed by atoms with Crippen molar-refractivity contribution in [1.29, 1.82) is 0 Å². The average Bonchev–Trinajstić information content (AvgIpc) is 3.21. The lowest BCUT2D eigenvalue weighted by atomic mass is 10.0. The lowest BCUT2D eigenvalue weighted by molar-refractivity contribution is 0.180. The van der Waals surface area contributed by atoms with Crippen LogP contribution in [0.4, 0.5) is 0 Å². The Labute approximate surface area is 154 Å². The minimum absolute atomic E-state index is 0.0100. The standard InChI is InChI=1S/C20H20N4OS/c25-20-22-15-5-1-3-7-17(15)24(20)14-9-11-23(12-10-14)13-19-21-16-6-2-4-8-18(16)26-19/h1-8,14H,9-13H2,(H,22,25). The second-order valence-electron chi connectivity index (χ2n) is 6.90. The average molecular weight is 364 g/mol. The highest BCUT2D eigenvalue weighted by molar-refractivity contribution is 7.18. The number of nitrogens with zero attached hydrogens (tertiary/aromatic N) is 3. The Kier molecular flexibility index (Phi) is 3.87. The summed E-state index contributed by atoms with van der Waals surface area (Å²) in [6.45, 7) is 2.88. The van der Waals surface area contributed by atoms with Crippen LogP contribution in [-0.4, -0.2) is 32.5 Å². The summed E-state index contributed by atoms with van der Waals surface area (Å²) < 4.78 is 3.20. The van der Waals surface area contributed by atoms with Gasteiger partial charge >= 0.3 is 5.69 Å². The van der Waals surface area contributed by atoms with Crippen LogP contribution in [0.5, 0.6) is 0 Å². The number of H-pyrrole nitrogens is 1. The monoisotopic (exact) mass is 364 g/mol. The fourth-order valence-corrected chi connectivity index (χ4v) is 4.96. The first kappa shape index (κ1) is 15.8. The van der Waals surface area contributed by atoms with E-state index in [0.717, 1.165) is 49.0 Å². The molecule has 1 aliphatic rings. The molecule has 0 unspecified atom stereocenters. The molecule has 4 aromatic rings. The molecule has 6 heteroatoms. The minimum Gasteiger partial charge on any atom is -0.306 e. The summed E-state index contributed by atoms with van der Waals surface area (Å²) in [5, 5.41) is 1.17. The Bertz CT molecular complexity index is 1080. The molecule has 0 amide bonds. The number of aromatic nitrogens is 3. The maximum atomic E-state index is 12.4. The molecule has 2 aromatic heterocycles. The number of fused-ring (bicyclic) bond motifs is 2. The number of piperidine rings is 1. The Morgan fingerprint density at radius 3 is 2.69 bits per heavy atom. The Morgan fingerprint density at radius 2 is 1.85 bits per heavy atom. The molecule has 0 radical (unpaired) electrons. The number of nitrogens with one attached hydrogen (secondary N) is 1. The fraction of sp³-hybridized carbons (Fsp3) is 0.300. The molecular formula is C20H20N4OS. The van der Waals surface area contributed by atoms with E-state index < -0.39 is 0 Å². The summed E-state index contributed by atoms with van der Waals surface area (Å²) in [5.74, 6) is 0. The number of benzene rings is 2. The third-order valence-electron chi connectivity index (χ3n) is 5.24. The molecule has 0 atom stereocenters. The fourth-order valence-electron chi connectivity index (χ4n) is 3.95. The molecule has 0 spiro atoms. The van der Waals surface area contributed by atoms with Crippen LogP contribution >= 0.6 is 11.3 Å². The van der Waals surface area contributed by atoms with E-state index in [1.807, 2.05) is 34.9 Å². The van der Waals surface area contributed by atoms with Gasteiger partial charge in [-0.3, -0.25) is 9.47 Å². The summed E-state index contributed by atoms with van der Waals surface area (Å²) in [6, 6.07) is 16.5. The van der Waals surface area contributed by atoms with Gasteiger partial charge in [0, 0.05) is 19.1 Å². The molecule has 1 saturated heterocycles. The molecule has 2 aromatic carbocycles. The van der Waals surface area contributed by atoms with Crippen LogP contribution < -0.4 is 5.69 Å². The number of hydrogen-bond donors (Lipinski definition) is 1. The maximum Gasteiger partial charge on any atom is 0.326 e. The van der Waals surface area contributed by atoms with Gasteiger partial charge in [-0.15, -0.1) is 11.3 Å². The molecule has 1 aliphatic heterocycles. The zero-order valence-electron chi connectivity index (χ0n) is 14.4. The molecule has 0 bridgehead atoms. The zero-order chi connectivity index (χ0) is 17.5. The van der Waals surface area contributed by atoms with Gasteiger partial charge in [0.1, 0.15) is 5.01 Å². The first-order chi connectivity index (χ1) is 12.8. The van der Waals surface area contributed by atoms with Gasteiger partial charge in [0.2, 0.25) is 0 Å². The largest absolute Gasteiger partial charge is 0.326 e. The van der Waals surface area contributed by atoms with E-state index in [9.17, 15) is 4.79 Å². The number of rotatable bonds is 3. The van der Waals surface area contributed by atoms with Crippen molar-refractivity contribution in [3.63, 3.8) is 0 Å². The molecular weight excluding hydrogens is 344 g/mol. The van der Waals surface area contributed by atoms with Crippen molar-refractivity contribution in [3.8, 4) is 0 Å². The molecule has 132 valence electrons. The first-order valence-electron chi connectivity index (χ1n) is 9.04. The van der Waals surface area contributed by atoms with Crippen molar-refractivity contribution >= 4 is 32.6 Å². The lowest BCUT2D eigenvalue weighted by Crippen LogP contribution is -2.36. The van der Waals surface area contributed by atoms with E-state index in [1.54, 1.807) is 11.3 Å². The number of imidazole rings is 1. The van der Waals surface area contributed by atoms with Gasteiger partial charge in [0.05, 0.1) is 27.8 Å². The summed E-state index contributed by atoms with van der Waals surface area (Å²) in [7, 11) is 0. The zero-order valence-corrected chi connectivity index (χ0v) is 15.2. The van der Waals surface area contributed by atoms with Gasteiger partial charge in [0.25, 0.3) is 0 Å². The van der Waals surface area contributed by atoms with E-state index >= 15 is 0 Å². The van der Waals surface area contributed by atoms with Crippen molar-refractivity contribution in [2.45, 2.75) is 25.4 Å². The topological polar surface area (TPSA) is 53.9 Å². The van der Waals surface area contributed by atoms with Gasteiger partial charge in [-0.2, -0.15) is 0 Å². The molecule has 0 aliphatic carbocycles. The highest BCUT2D eigenvalue weighted by atomic mass is 32.1. The van der Waals surface area contributed by atoms with Crippen molar-refractivity contribution < 1.29 is 0 Å². The predicted molar refractivity (Wildman–Crippen MR) is 106 cm³/mol.